The third-order valence-electron chi connectivity index (χ3n) is 5.79. The van der Waals surface area contributed by atoms with Crippen LogP contribution in [-0.4, -0.2) is 27.9 Å². The zero-order chi connectivity index (χ0) is 24.2. The SMILES string of the molecule is CC(=O)Nc1ccc([C@@H]2O[C@H](CSc3nc4ccccc4s3)C[C@H](c3ccc(CO)cc3)O2)cc1. The highest BCUT2D eigenvalue weighted by molar-refractivity contribution is 8.01. The van der Waals surface area contributed by atoms with Crippen LogP contribution in [-0.2, 0) is 20.9 Å². The van der Waals surface area contributed by atoms with Crippen LogP contribution in [0.5, 0.6) is 0 Å². The first-order chi connectivity index (χ1) is 17.1. The number of nitrogens with zero attached hydrogens (tertiary/aromatic N) is 1. The topological polar surface area (TPSA) is 80.7 Å². The van der Waals surface area contributed by atoms with Crippen molar-refractivity contribution < 1.29 is 19.4 Å². The number of hydrogen-bond donors (Lipinski definition) is 2. The van der Waals surface area contributed by atoms with E-state index in [1.165, 1.54) is 11.6 Å². The maximum absolute atomic E-state index is 11.4. The Kier molecular flexibility index (Phi) is 7.46. The van der Waals surface area contributed by atoms with Gasteiger partial charge in [0.25, 0.3) is 0 Å². The van der Waals surface area contributed by atoms with Crippen molar-refractivity contribution in [3.05, 3.63) is 89.5 Å². The van der Waals surface area contributed by atoms with E-state index >= 15 is 0 Å². The van der Waals surface area contributed by atoms with Crippen LogP contribution in [0.2, 0.25) is 0 Å². The summed E-state index contributed by atoms with van der Waals surface area (Å²) >= 11 is 3.41. The molecular formula is C27H26N2O4S2. The van der Waals surface area contributed by atoms with Gasteiger partial charge in [-0.05, 0) is 35.4 Å². The second kappa shape index (κ2) is 10.9. The summed E-state index contributed by atoms with van der Waals surface area (Å²) in [6.45, 7) is 1.50. The van der Waals surface area contributed by atoms with Gasteiger partial charge in [-0.1, -0.05) is 60.3 Å². The largest absolute Gasteiger partial charge is 0.392 e. The fraction of sp³-hybridized carbons (Fsp3) is 0.259. The number of nitrogens with one attached hydrogen (secondary N) is 1. The van der Waals surface area contributed by atoms with E-state index in [9.17, 15) is 9.90 Å². The molecule has 1 aliphatic rings. The Morgan fingerprint density at radius 1 is 1.06 bits per heavy atom. The normalized spacial score (nSPS) is 20.1. The number of hydrogen-bond acceptors (Lipinski definition) is 7. The molecule has 1 aliphatic heterocycles. The Balaban J connectivity index is 1.34. The molecule has 3 atom stereocenters. The van der Waals surface area contributed by atoms with E-state index < -0.39 is 6.29 Å². The van der Waals surface area contributed by atoms with Gasteiger partial charge in [0, 0.05) is 30.3 Å². The zero-order valence-electron chi connectivity index (χ0n) is 19.2. The van der Waals surface area contributed by atoms with Gasteiger partial charge < -0.3 is 19.9 Å². The number of benzene rings is 3. The van der Waals surface area contributed by atoms with Gasteiger partial charge in [0.2, 0.25) is 5.91 Å². The summed E-state index contributed by atoms with van der Waals surface area (Å²) in [7, 11) is 0. The molecule has 6 nitrogen and oxygen atoms in total. The predicted molar refractivity (Wildman–Crippen MR) is 140 cm³/mol. The van der Waals surface area contributed by atoms with Crippen molar-refractivity contribution in [3.8, 4) is 0 Å². The second-order valence-electron chi connectivity index (χ2n) is 8.41. The first-order valence-electron chi connectivity index (χ1n) is 11.4. The maximum atomic E-state index is 11.4. The van der Waals surface area contributed by atoms with Gasteiger partial charge in [-0.15, -0.1) is 11.3 Å². The summed E-state index contributed by atoms with van der Waals surface area (Å²) in [5.41, 5.74) is 4.57. The van der Waals surface area contributed by atoms with Crippen LogP contribution in [0.25, 0.3) is 10.2 Å². The summed E-state index contributed by atoms with van der Waals surface area (Å²) in [5, 5.41) is 12.2. The molecule has 8 heteroatoms. The summed E-state index contributed by atoms with van der Waals surface area (Å²) < 4.78 is 15.0. The number of carbonyl (C=O) groups is 1. The van der Waals surface area contributed by atoms with Gasteiger partial charge in [-0.25, -0.2) is 4.98 Å². The molecule has 4 aromatic rings. The van der Waals surface area contributed by atoms with Crippen molar-refractivity contribution in [2.75, 3.05) is 11.1 Å². The molecule has 3 aromatic carbocycles. The Labute approximate surface area is 212 Å². The lowest BCUT2D eigenvalue weighted by molar-refractivity contribution is -0.245. The molecule has 1 aromatic heterocycles. The molecule has 35 heavy (non-hydrogen) atoms. The predicted octanol–water partition coefficient (Wildman–Crippen LogP) is 6.08. The van der Waals surface area contributed by atoms with Crippen LogP contribution in [0.1, 0.15) is 42.4 Å². The highest BCUT2D eigenvalue weighted by Gasteiger charge is 2.32. The third-order valence-corrected chi connectivity index (χ3v) is 8.10. The number of ether oxygens (including phenoxy) is 2. The monoisotopic (exact) mass is 506 g/mol. The Morgan fingerprint density at radius 3 is 2.51 bits per heavy atom. The molecule has 0 saturated carbocycles. The van der Waals surface area contributed by atoms with E-state index in [2.05, 4.69) is 11.4 Å². The minimum atomic E-state index is -0.529. The lowest BCUT2D eigenvalue weighted by atomic mass is 10.0. The standard InChI is InChI=1S/C27H26N2O4S2/c1-17(31)28-21-12-10-20(11-13-21)26-32-22(14-24(33-26)19-8-6-18(15-30)7-9-19)16-34-27-29-23-4-2-3-5-25(23)35-27/h2-13,22,24,26,30H,14-16H2,1H3,(H,28,31)/t22-,24+,26+/m0/s1. The van der Waals surface area contributed by atoms with Crippen molar-refractivity contribution in [1.29, 1.82) is 0 Å². The van der Waals surface area contributed by atoms with Crippen LogP contribution in [0.4, 0.5) is 5.69 Å². The van der Waals surface area contributed by atoms with Crippen molar-refractivity contribution in [2.24, 2.45) is 0 Å². The first-order valence-corrected chi connectivity index (χ1v) is 13.2. The van der Waals surface area contributed by atoms with Gasteiger partial charge in [0.15, 0.2) is 10.6 Å². The van der Waals surface area contributed by atoms with Crippen molar-refractivity contribution in [2.45, 2.75) is 42.8 Å². The molecule has 1 fully saturated rings. The molecule has 0 aliphatic carbocycles. The number of rotatable bonds is 7. The molecule has 5 rings (SSSR count). The van der Waals surface area contributed by atoms with Gasteiger partial charge in [-0.3, -0.25) is 4.79 Å². The molecule has 180 valence electrons. The van der Waals surface area contributed by atoms with E-state index in [1.807, 2.05) is 66.7 Å². The Bertz CT molecular complexity index is 1260. The second-order valence-corrected chi connectivity index (χ2v) is 10.7. The molecule has 0 spiro atoms. The average Bonchev–Trinajstić information content (AvgIpc) is 3.31. The Morgan fingerprint density at radius 2 is 1.80 bits per heavy atom. The maximum Gasteiger partial charge on any atom is 0.221 e. The summed E-state index contributed by atoms with van der Waals surface area (Å²) in [5.74, 6) is 0.649. The number of para-hydroxylation sites is 1. The van der Waals surface area contributed by atoms with E-state index in [0.29, 0.717) is 0 Å². The number of aliphatic hydroxyl groups is 1. The fourth-order valence-corrected chi connectivity index (χ4v) is 6.14. The van der Waals surface area contributed by atoms with E-state index in [1.54, 1.807) is 23.1 Å². The molecule has 1 saturated heterocycles. The van der Waals surface area contributed by atoms with Crippen LogP contribution in [0.15, 0.2) is 77.1 Å². The average molecular weight is 507 g/mol. The molecule has 2 heterocycles. The number of thiazole rings is 1. The minimum Gasteiger partial charge on any atom is -0.392 e. The summed E-state index contributed by atoms with van der Waals surface area (Å²) in [6.07, 6.45) is 0.0102. The summed E-state index contributed by atoms with van der Waals surface area (Å²) in [4.78, 5) is 16.1. The number of aliphatic hydroxyl groups excluding tert-OH is 1. The number of anilines is 1. The van der Waals surface area contributed by atoms with Crippen molar-refractivity contribution in [1.82, 2.24) is 4.98 Å². The molecule has 0 bridgehead atoms. The van der Waals surface area contributed by atoms with Crippen LogP contribution >= 0.6 is 23.1 Å². The summed E-state index contributed by atoms with van der Waals surface area (Å²) in [6, 6.07) is 23.6. The first kappa shape index (κ1) is 24.0. The number of fused-ring (bicyclic) bond motifs is 1. The van der Waals surface area contributed by atoms with Gasteiger partial charge >= 0.3 is 0 Å². The van der Waals surface area contributed by atoms with Crippen LogP contribution in [0, 0.1) is 0 Å². The highest BCUT2D eigenvalue weighted by atomic mass is 32.2. The van der Waals surface area contributed by atoms with E-state index in [0.717, 1.165) is 44.4 Å². The molecule has 2 N–H and O–H groups in total. The minimum absolute atomic E-state index is 0.0135. The molecule has 0 unspecified atom stereocenters. The molecule has 0 radical (unpaired) electrons. The van der Waals surface area contributed by atoms with Gasteiger partial charge in [-0.2, -0.15) is 0 Å². The Hall–Kier alpha value is -2.75. The lowest BCUT2D eigenvalue weighted by Crippen LogP contribution is -2.31. The number of aromatic nitrogens is 1. The smallest absolute Gasteiger partial charge is 0.221 e. The third kappa shape index (κ3) is 5.91. The van der Waals surface area contributed by atoms with E-state index in [4.69, 9.17) is 14.5 Å². The van der Waals surface area contributed by atoms with Gasteiger partial charge in [0.05, 0.1) is 29.0 Å². The highest BCUT2D eigenvalue weighted by Crippen LogP contribution is 2.40. The van der Waals surface area contributed by atoms with Gasteiger partial charge in [0.1, 0.15) is 0 Å². The molecule has 1 amide bonds. The number of thioether (sulfide) groups is 1. The number of amides is 1. The van der Waals surface area contributed by atoms with Crippen LogP contribution < -0.4 is 5.32 Å². The lowest BCUT2D eigenvalue weighted by Gasteiger charge is -2.36. The zero-order valence-corrected chi connectivity index (χ0v) is 20.9. The van der Waals surface area contributed by atoms with Crippen molar-refractivity contribution >= 4 is 44.9 Å². The number of carbonyl (C=O) groups excluding carboxylic acids is 1. The quantitative estimate of drug-likeness (QED) is 0.296. The van der Waals surface area contributed by atoms with Crippen LogP contribution in [0.3, 0.4) is 0 Å². The van der Waals surface area contributed by atoms with E-state index in [-0.39, 0.29) is 24.7 Å². The molecular weight excluding hydrogens is 480 g/mol. The van der Waals surface area contributed by atoms with Crippen molar-refractivity contribution in [3.63, 3.8) is 0 Å². The fourth-order valence-electron chi connectivity index (χ4n) is 4.03.